The van der Waals surface area contributed by atoms with Gasteiger partial charge in [-0.3, -0.25) is 4.79 Å². The molecule has 2 heterocycles. The number of nitrogens with zero attached hydrogens (tertiary/aromatic N) is 1. The van der Waals surface area contributed by atoms with E-state index in [-0.39, 0.29) is 18.6 Å². The molecule has 0 fully saturated rings. The van der Waals surface area contributed by atoms with Crippen LogP contribution in [0, 0.1) is 0 Å². The number of H-pyrrole nitrogens is 1. The van der Waals surface area contributed by atoms with E-state index in [1.807, 2.05) is 11.0 Å². The third-order valence-corrected chi connectivity index (χ3v) is 3.92. The molecule has 1 unspecified atom stereocenters. The molecule has 3 rings (SSSR count). The third-order valence-electron chi connectivity index (χ3n) is 3.92. The van der Waals surface area contributed by atoms with Crippen LogP contribution in [0.15, 0.2) is 24.3 Å². The van der Waals surface area contributed by atoms with Crippen molar-refractivity contribution in [1.29, 1.82) is 0 Å². The Kier molecular flexibility index (Phi) is 3.03. The predicted octanol–water partition coefficient (Wildman–Crippen LogP) is 2.26. The fourth-order valence-electron chi connectivity index (χ4n) is 2.98. The standard InChI is InChI=1S/C15H18N2O2/c1-10-15-12(7-8-17(10)14(18)9-19-2)11-5-3-4-6-13(11)16-15/h3-6,10,16H,7-9H2,1-2H3. The Morgan fingerprint density at radius 2 is 2.26 bits per heavy atom. The molecular formula is C15H18N2O2. The summed E-state index contributed by atoms with van der Waals surface area (Å²) in [5.74, 6) is 0.0549. The van der Waals surface area contributed by atoms with E-state index in [0.29, 0.717) is 0 Å². The lowest BCUT2D eigenvalue weighted by molar-refractivity contribution is -0.137. The Balaban J connectivity index is 1.99. The number of amides is 1. The highest BCUT2D eigenvalue weighted by molar-refractivity contribution is 5.86. The zero-order chi connectivity index (χ0) is 13.4. The van der Waals surface area contributed by atoms with Gasteiger partial charge in [-0.15, -0.1) is 0 Å². The number of aromatic amines is 1. The average molecular weight is 258 g/mol. The van der Waals surface area contributed by atoms with Gasteiger partial charge in [-0.2, -0.15) is 0 Å². The van der Waals surface area contributed by atoms with E-state index in [4.69, 9.17) is 4.74 Å². The lowest BCUT2D eigenvalue weighted by atomic mass is 9.98. The van der Waals surface area contributed by atoms with Gasteiger partial charge >= 0.3 is 0 Å². The summed E-state index contributed by atoms with van der Waals surface area (Å²) in [4.78, 5) is 17.4. The van der Waals surface area contributed by atoms with Crippen LogP contribution in [-0.4, -0.2) is 36.1 Å². The van der Waals surface area contributed by atoms with Crippen molar-refractivity contribution >= 4 is 16.8 Å². The Morgan fingerprint density at radius 3 is 3.05 bits per heavy atom. The molecule has 1 atom stereocenters. The van der Waals surface area contributed by atoms with Crippen LogP contribution in [0.2, 0.25) is 0 Å². The molecule has 4 heteroatoms. The van der Waals surface area contributed by atoms with E-state index in [2.05, 4.69) is 30.1 Å². The van der Waals surface area contributed by atoms with E-state index in [1.165, 1.54) is 10.9 Å². The zero-order valence-corrected chi connectivity index (χ0v) is 11.3. The molecule has 1 N–H and O–H groups in total. The van der Waals surface area contributed by atoms with E-state index in [9.17, 15) is 4.79 Å². The van der Waals surface area contributed by atoms with Gasteiger partial charge in [0, 0.05) is 30.3 Å². The number of carbonyl (C=O) groups excluding carboxylic acids is 1. The maximum absolute atomic E-state index is 12.0. The van der Waals surface area contributed by atoms with Gasteiger partial charge in [0.25, 0.3) is 0 Å². The molecule has 1 aromatic heterocycles. The topological polar surface area (TPSA) is 45.3 Å². The van der Waals surface area contributed by atoms with Gasteiger partial charge in [0.15, 0.2) is 0 Å². The second kappa shape index (κ2) is 4.70. The maximum Gasteiger partial charge on any atom is 0.249 e. The molecule has 2 aromatic rings. The van der Waals surface area contributed by atoms with Crippen LogP contribution in [0.1, 0.15) is 24.2 Å². The summed E-state index contributed by atoms with van der Waals surface area (Å²) in [7, 11) is 1.56. The first-order valence-corrected chi connectivity index (χ1v) is 6.60. The number of para-hydroxylation sites is 1. The van der Waals surface area contributed by atoms with Gasteiger partial charge in [0.1, 0.15) is 6.61 Å². The van der Waals surface area contributed by atoms with Gasteiger partial charge < -0.3 is 14.6 Å². The van der Waals surface area contributed by atoms with Crippen molar-refractivity contribution in [3.05, 3.63) is 35.5 Å². The van der Waals surface area contributed by atoms with Crippen molar-refractivity contribution < 1.29 is 9.53 Å². The van der Waals surface area contributed by atoms with Crippen LogP contribution in [0.4, 0.5) is 0 Å². The number of fused-ring (bicyclic) bond motifs is 3. The van der Waals surface area contributed by atoms with E-state index in [1.54, 1.807) is 7.11 Å². The fourth-order valence-corrected chi connectivity index (χ4v) is 2.98. The number of hydrogen-bond donors (Lipinski definition) is 1. The Bertz CT molecular complexity index is 618. The molecule has 0 bridgehead atoms. The molecule has 4 nitrogen and oxygen atoms in total. The largest absolute Gasteiger partial charge is 0.375 e. The Hall–Kier alpha value is -1.81. The SMILES string of the molecule is COCC(=O)N1CCc2c([nH]c3ccccc23)C1C. The zero-order valence-electron chi connectivity index (χ0n) is 11.3. The highest BCUT2D eigenvalue weighted by atomic mass is 16.5. The monoisotopic (exact) mass is 258 g/mol. The number of nitrogens with one attached hydrogen (secondary N) is 1. The quantitative estimate of drug-likeness (QED) is 0.898. The molecule has 0 saturated carbocycles. The molecule has 1 aliphatic heterocycles. The molecule has 0 aliphatic carbocycles. The summed E-state index contributed by atoms with van der Waals surface area (Å²) in [5.41, 5.74) is 3.67. The summed E-state index contributed by atoms with van der Waals surface area (Å²) < 4.78 is 4.95. The van der Waals surface area contributed by atoms with Crippen LogP contribution < -0.4 is 0 Å². The lowest BCUT2D eigenvalue weighted by Crippen LogP contribution is -2.40. The molecule has 1 amide bonds. The number of carbonyl (C=O) groups is 1. The van der Waals surface area contributed by atoms with Crippen LogP contribution in [0.5, 0.6) is 0 Å². The highest BCUT2D eigenvalue weighted by Crippen LogP contribution is 2.33. The third kappa shape index (κ3) is 1.92. The van der Waals surface area contributed by atoms with Crippen molar-refractivity contribution in [2.45, 2.75) is 19.4 Å². The first kappa shape index (κ1) is 12.2. The minimum atomic E-state index is 0.0549. The number of benzene rings is 1. The van der Waals surface area contributed by atoms with E-state index >= 15 is 0 Å². The Labute approximate surface area is 112 Å². The highest BCUT2D eigenvalue weighted by Gasteiger charge is 2.29. The van der Waals surface area contributed by atoms with Crippen LogP contribution >= 0.6 is 0 Å². The first-order valence-electron chi connectivity index (χ1n) is 6.60. The molecular weight excluding hydrogens is 240 g/mol. The maximum atomic E-state index is 12.0. The molecule has 100 valence electrons. The summed E-state index contributed by atoms with van der Waals surface area (Å²) in [5, 5.41) is 1.28. The van der Waals surface area contributed by atoms with Gasteiger partial charge in [0.2, 0.25) is 5.91 Å². The molecule has 0 saturated heterocycles. The average Bonchev–Trinajstić information content (AvgIpc) is 2.79. The van der Waals surface area contributed by atoms with Crippen molar-refractivity contribution in [3.8, 4) is 0 Å². The molecule has 0 spiro atoms. The van der Waals surface area contributed by atoms with Crippen LogP contribution in [0.3, 0.4) is 0 Å². The first-order chi connectivity index (χ1) is 9.22. The van der Waals surface area contributed by atoms with Crippen molar-refractivity contribution in [2.75, 3.05) is 20.3 Å². The molecule has 19 heavy (non-hydrogen) atoms. The number of ether oxygens (including phenoxy) is 1. The van der Waals surface area contributed by atoms with Crippen LogP contribution in [-0.2, 0) is 16.0 Å². The van der Waals surface area contributed by atoms with Gasteiger partial charge in [-0.1, -0.05) is 18.2 Å². The molecule has 1 aromatic carbocycles. The number of rotatable bonds is 2. The minimum absolute atomic E-state index is 0.0549. The summed E-state index contributed by atoms with van der Waals surface area (Å²) in [6.07, 6.45) is 0.902. The summed E-state index contributed by atoms with van der Waals surface area (Å²) in [6, 6.07) is 8.40. The second-order valence-electron chi connectivity index (χ2n) is 5.01. The van der Waals surface area contributed by atoms with E-state index < -0.39 is 0 Å². The minimum Gasteiger partial charge on any atom is -0.375 e. The lowest BCUT2D eigenvalue weighted by Gasteiger charge is -2.33. The van der Waals surface area contributed by atoms with Crippen molar-refractivity contribution in [2.24, 2.45) is 0 Å². The molecule has 1 aliphatic rings. The fraction of sp³-hybridized carbons (Fsp3) is 0.400. The number of hydrogen-bond acceptors (Lipinski definition) is 2. The van der Waals surface area contributed by atoms with E-state index in [0.717, 1.165) is 24.2 Å². The van der Waals surface area contributed by atoms with Crippen molar-refractivity contribution in [3.63, 3.8) is 0 Å². The van der Waals surface area contributed by atoms with Crippen molar-refractivity contribution in [1.82, 2.24) is 9.88 Å². The number of methoxy groups -OCH3 is 1. The predicted molar refractivity (Wildman–Crippen MR) is 74.0 cm³/mol. The summed E-state index contributed by atoms with van der Waals surface area (Å²) in [6.45, 7) is 2.99. The number of aromatic nitrogens is 1. The van der Waals surface area contributed by atoms with Gasteiger partial charge in [-0.05, 0) is 25.0 Å². The van der Waals surface area contributed by atoms with Crippen LogP contribution in [0.25, 0.3) is 10.9 Å². The normalized spacial score (nSPS) is 18.6. The van der Waals surface area contributed by atoms with Gasteiger partial charge in [0.05, 0.1) is 6.04 Å². The smallest absolute Gasteiger partial charge is 0.249 e. The molecule has 0 radical (unpaired) electrons. The Morgan fingerprint density at radius 1 is 1.47 bits per heavy atom. The van der Waals surface area contributed by atoms with Gasteiger partial charge in [-0.25, -0.2) is 0 Å². The second-order valence-corrected chi connectivity index (χ2v) is 5.01. The summed E-state index contributed by atoms with van der Waals surface area (Å²) >= 11 is 0.